The molecule has 0 spiro atoms. The number of aliphatic hydroxyl groups is 1. The number of carboxylic acids is 1. The average molecular weight is 580 g/mol. The minimum atomic E-state index is -3.79. The first kappa shape index (κ1) is 29.3. The van der Waals surface area contributed by atoms with Crippen molar-refractivity contribution in [1.29, 1.82) is 0 Å². The van der Waals surface area contributed by atoms with Gasteiger partial charge in [-0.1, -0.05) is 48.9 Å². The number of benzene rings is 4. The summed E-state index contributed by atoms with van der Waals surface area (Å²) in [4.78, 5) is 11.6. The molecule has 0 saturated heterocycles. The van der Waals surface area contributed by atoms with E-state index in [4.69, 9.17) is 16.3 Å². The monoisotopic (exact) mass is 579 g/mol. The van der Waals surface area contributed by atoms with Crippen molar-refractivity contribution in [2.75, 3.05) is 13.1 Å². The molecule has 40 heavy (non-hydrogen) atoms. The first-order valence-electron chi connectivity index (χ1n) is 12.8. The van der Waals surface area contributed by atoms with Crippen LogP contribution in [0.4, 0.5) is 0 Å². The Hall–Kier alpha value is -3.69. The second kappa shape index (κ2) is 13.1. The van der Waals surface area contributed by atoms with E-state index in [-0.39, 0.29) is 15.4 Å². The van der Waals surface area contributed by atoms with Gasteiger partial charge in [0.15, 0.2) is 0 Å². The molecule has 4 rings (SSSR count). The van der Waals surface area contributed by atoms with Crippen LogP contribution in [-0.4, -0.2) is 37.7 Å². The Bertz CT molecular complexity index is 1590. The van der Waals surface area contributed by atoms with E-state index in [0.717, 1.165) is 11.1 Å². The number of carboxylic acid groups (broad SMARTS) is 1. The molecule has 208 valence electrons. The first-order valence-corrected chi connectivity index (χ1v) is 14.7. The van der Waals surface area contributed by atoms with Crippen molar-refractivity contribution >= 4 is 27.4 Å². The predicted octanol–water partition coefficient (Wildman–Crippen LogP) is 6.09. The lowest BCUT2D eigenvalue weighted by Gasteiger charge is -2.13. The van der Waals surface area contributed by atoms with E-state index in [1.165, 1.54) is 18.2 Å². The Morgan fingerprint density at radius 2 is 1.65 bits per heavy atom. The summed E-state index contributed by atoms with van der Waals surface area (Å²) in [6.07, 6.45) is 0.500. The van der Waals surface area contributed by atoms with Crippen LogP contribution in [-0.2, 0) is 22.7 Å². The van der Waals surface area contributed by atoms with E-state index in [1.54, 1.807) is 66.7 Å². The zero-order chi connectivity index (χ0) is 28.7. The quantitative estimate of drug-likeness (QED) is 0.174. The number of aliphatic hydroxyl groups excluding tert-OH is 1. The zero-order valence-corrected chi connectivity index (χ0v) is 23.5. The summed E-state index contributed by atoms with van der Waals surface area (Å²) < 4.78 is 32.5. The summed E-state index contributed by atoms with van der Waals surface area (Å²) in [5, 5.41) is 23.4. The Morgan fingerprint density at radius 1 is 0.925 bits per heavy atom. The topological polar surface area (TPSA) is 113 Å². The highest BCUT2D eigenvalue weighted by Crippen LogP contribution is 2.29. The normalized spacial score (nSPS) is 12.2. The molecule has 0 aliphatic carbocycles. The summed E-state index contributed by atoms with van der Waals surface area (Å²) in [6.45, 7) is 2.83. The summed E-state index contributed by atoms with van der Waals surface area (Å²) in [6, 6.07) is 24.7. The molecule has 7 nitrogen and oxygen atoms in total. The molecule has 0 radical (unpaired) electrons. The van der Waals surface area contributed by atoms with E-state index in [9.17, 15) is 23.4 Å². The molecule has 9 heteroatoms. The number of sulfone groups is 1. The second-order valence-corrected chi connectivity index (χ2v) is 11.6. The third kappa shape index (κ3) is 7.28. The highest BCUT2D eigenvalue weighted by Gasteiger charge is 2.19. The SMILES string of the molecule is CCc1cc(Oc2cccc(S(=O)(=O)c3ccc(CCNC[C@H](O)c4cccc(Cl)c4)cc3)c2)ccc1C(=O)O. The molecule has 0 amide bonds. The highest BCUT2D eigenvalue weighted by atomic mass is 35.5. The molecule has 0 aliphatic heterocycles. The largest absolute Gasteiger partial charge is 0.478 e. The van der Waals surface area contributed by atoms with Crippen LogP contribution in [0.1, 0.15) is 40.1 Å². The lowest BCUT2D eigenvalue weighted by Crippen LogP contribution is -2.23. The standard InChI is InChI=1S/C31H30ClNO6S/c1-2-22-18-26(11-14-29(22)31(35)36)39-25-7-4-8-28(19-25)40(37,38)27-12-9-21(10-13-27)15-16-33-20-30(34)23-5-3-6-24(32)17-23/h3-14,17-19,30,33-34H,2,15-16,20H2,1H3,(H,35,36)/t30-/m0/s1. The second-order valence-electron chi connectivity index (χ2n) is 9.23. The van der Waals surface area contributed by atoms with E-state index < -0.39 is 21.9 Å². The molecule has 0 aliphatic rings. The minimum absolute atomic E-state index is 0.0901. The number of halogens is 1. The molecule has 3 N–H and O–H groups in total. The lowest BCUT2D eigenvalue weighted by atomic mass is 10.1. The van der Waals surface area contributed by atoms with Gasteiger partial charge >= 0.3 is 5.97 Å². The van der Waals surface area contributed by atoms with Gasteiger partial charge in [-0.05, 0) is 96.7 Å². The van der Waals surface area contributed by atoms with Gasteiger partial charge in [0.25, 0.3) is 0 Å². The summed E-state index contributed by atoms with van der Waals surface area (Å²) >= 11 is 5.98. The van der Waals surface area contributed by atoms with Crippen molar-refractivity contribution in [3.8, 4) is 11.5 Å². The average Bonchev–Trinajstić information content (AvgIpc) is 2.95. The van der Waals surface area contributed by atoms with Crippen molar-refractivity contribution in [1.82, 2.24) is 5.32 Å². The molecule has 0 aromatic heterocycles. The smallest absolute Gasteiger partial charge is 0.335 e. The van der Waals surface area contributed by atoms with Gasteiger partial charge in [0, 0.05) is 11.6 Å². The molecule has 1 atom stereocenters. The van der Waals surface area contributed by atoms with Gasteiger partial charge in [0.1, 0.15) is 11.5 Å². The van der Waals surface area contributed by atoms with Crippen LogP contribution in [0.5, 0.6) is 11.5 Å². The van der Waals surface area contributed by atoms with Crippen LogP contribution in [0.15, 0.2) is 101 Å². The van der Waals surface area contributed by atoms with Gasteiger partial charge in [-0.25, -0.2) is 13.2 Å². The van der Waals surface area contributed by atoms with Crippen LogP contribution < -0.4 is 10.1 Å². The molecule has 0 unspecified atom stereocenters. The summed E-state index contributed by atoms with van der Waals surface area (Å²) in [5.74, 6) is -0.255. The zero-order valence-electron chi connectivity index (χ0n) is 21.9. The highest BCUT2D eigenvalue weighted by molar-refractivity contribution is 7.91. The third-order valence-corrected chi connectivity index (χ3v) is 8.44. The fraction of sp³-hybridized carbons (Fsp3) is 0.194. The summed E-state index contributed by atoms with van der Waals surface area (Å²) in [5.41, 5.74) is 2.53. The first-order chi connectivity index (χ1) is 19.2. The molecule has 0 bridgehead atoms. The van der Waals surface area contributed by atoms with Gasteiger partial charge < -0.3 is 20.3 Å². The number of rotatable bonds is 12. The number of ether oxygens (including phenoxy) is 1. The van der Waals surface area contributed by atoms with Gasteiger partial charge in [0.05, 0.1) is 21.5 Å². The molecule has 4 aromatic carbocycles. The molecule has 0 fully saturated rings. The lowest BCUT2D eigenvalue weighted by molar-refractivity contribution is 0.0695. The van der Waals surface area contributed by atoms with Crippen molar-refractivity contribution in [2.45, 2.75) is 35.7 Å². The number of aryl methyl sites for hydroxylation is 1. The fourth-order valence-corrected chi connectivity index (χ4v) is 5.74. The Balaban J connectivity index is 1.37. The fourth-order valence-electron chi connectivity index (χ4n) is 4.25. The van der Waals surface area contributed by atoms with Crippen molar-refractivity contribution in [3.05, 3.63) is 118 Å². The van der Waals surface area contributed by atoms with Crippen LogP contribution in [0.3, 0.4) is 0 Å². The number of carbonyl (C=O) groups is 1. The number of aromatic carboxylic acids is 1. The number of hydrogen-bond acceptors (Lipinski definition) is 6. The number of hydrogen-bond donors (Lipinski definition) is 3. The maximum absolute atomic E-state index is 13.3. The van der Waals surface area contributed by atoms with Crippen LogP contribution in [0, 0.1) is 0 Å². The molecule has 0 heterocycles. The Morgan fingerprint density at radius 3 is 2.35 bits per heavy atom. The van der Waals surface area contributed by atoms with Crippen LogP contribution in [0.25, 0.3) is 0 Å². The third-order valence-electron chi connectivity index (χ3n) is 6.43. The van der Waals surface area contributed by atoms with E-state index in [2.05, 4.69) is 5.32 Å². The van der Waals surface area contributed by atoms with Crippen molar-refractivity contribution in [2.24, 2.45) is 0 Å². The Labute approximate surface area is 238 Å². The van der Waals surface area contributed by atoms with E-state index in [1.807, 2.05) is 13.0 Å². The molecular formula is C31H30ClNO6S. The van der Waals surface area contributed by atoms with Gasteiger partial charge in [0.2, 0.25) is 9.84 Å². The predicted molar refractivity (Wildman–Crippen MR) is 154 cm³/mol. The molecule has 0 saturated carbocycles. The Kier molecular flexibility index (Phi) is 9.60. The maximum atomic E-state index is 13.3. The van der Waals surface area contributed by atoms with E-state index >= 15 is 0 Å². The van der Waals surface area contributed by atoms with Gasteiger partial charge in [-0.15, -0.1) is 0 Å². The molecule has 4 aromatic rings. The van der Waals surface area contributed by atoms with Crippen LogP contribution in [0.2, 0.25) is 5.02 Å². The van der Waals surface area contributed by atoms with Gasteiger partial charge in [-0.3, -0.25) is 0 Å². The summed E-state index contributed by atoms with van der Waals surface area (Å²) in [7, 11) is -3.79. The van der Waals surface area contributed by atoms with Gasteiger partial charge in [-0.2, -0.15) is 0 Å². The van der Waals surface area contributed by atoms with Crippen LogP contribution >= 0.6 is 11.6 Å². The van der Waals surface area contributed by atoms with E-state index in [0.29, 0.717) is 48.0 Å². The maximum Gasteiger partial charge on any atom is 0.335 e. The molecular weight excluding hydrogens is 550 g/mol. The minimum Gasteiger partial charge on any atom is -0.478 e. The van der Waals surface area contributed by atoms with Crippen molar-refractivity contribution in [3.63, 3.8) is 0 Å². The number of nitrogens with one attached hydrogen (secondary N) is 1. The van der Waals surface area contributed by atoms with Crippen molar-refractivity contribution < 1.29 is 28.2 Å².